The van der Waals surface area contributed by atoms with Crippen LogP contribution in [0.25, 0.3) is 0 Å². The Balaban J connectivity index is 1.80. The molecule has 0 spiro atoms. The first-order valence-electron chi connectivity index (χ1n) is 8.43. The molecule has 2 amide bonds. The third-order valence-electron chi connectivity index (χ3n) is 4.34. The van der Waals surface area contributed by atoms with E-state index in [-0.39, 0.29) is 17.9 Å². The van der Waals surface area contributed by atoms with E-state index in [9.17, 15) is 9.59 Å². The summed E-state index contributed by atoms with van der Waals surface area (Å²) in [5.74, 6) is -0.618. The summed E-state index contributed by atoms with van der Waals surface area (Å²) in [7, 11) is 0. The molecular weight excluding hydrogens is 363 g/mol. The molecule has 1 unspecified atom stereocenters. The lowest BCUT2D eigenvalue weighted by Gasteiger charge is -2.23. The molecule has 1 aliphatic heterocycles. The highest BCUT2D eigenvalue weighted by atomic mass is 35.5. The smallest absolute Gasteiger partial charge is 0.235 e. The van der Waals surface area contributed by atoms with Crippen LogP contribution < -0.4 is 10.6 Å². The summed E-state index contributed by atoms with van der Waals surface area (Å²) >= 11 is 12.0. The van der Waals surface area contributed by atoms with Gasteiger partial charge in [0.1, 0.15) is 5.41 Å². The number of rotatable bonds is 7. The first-order valence-corrected chi connectivity index (χ1v) is 9.18. The molecule has 1 saturated heterocycles. The van der Waals surface area contributed by atoms with Gasteiger partial charge in [-0.25, -0.2) is 0 Å². The van der Waals surface area contributed by atoms with Crippen molar-refractivity contribution in [2.75, 3.05) is 19.7 Å². The van der Waals surface area contributed by atoms with Gasteiger partial charge in [-0.3, -0.25) is 9.59 Å². The number of ether oxygens (including phenoxy) is 1. The Bertz CT molecular complexity index is 629. The van der Waals surface area contributed by atoms with E-state index in [1.807, 2.05) is 6.07 Å². The van der Waals surface area contributed by atoms with E-state index in [0.717, 1.165) is 25.0 Å². The van der Waals surface area contributed by atoms with E-state index < -0.39 is 5.41 Å². The van der Waals surface area contributed by atoms with Gasteiger partial charge < -0.3 is 15.4 Å². The Morgan fingerprint density at radius 3 is 2.60 bits per heavy atom. The topological polar surface area (TPSA) is 67.4 Å². The standard InChI is InChI=1S/C18H24Cl2N2O3/c1-18(2,17(24)22-11-14-4-3-9-25-14)16(23)21-8-7-12-5-6-13(19)10-15(12)20/h5-6,10,14H,3-4,7-9,11H2,1-2H3,(H,21,23)(H,22,24). The quantitative estimate of drug-likeness (QED) is 0.707. The minimum atomic E-state index is -1.15. The minimum Gasteiger partial charge on any atom is -0.376 e. The Kier molecular flexibility index (Phi) is 7.11. The third kappa shape index (κ3) is 5.59. The second-order valence-corrected chi connectivity index (χ2v) is 7.56. The van der Waals surface area contributed by atoms with Crippen molar-refractivity contribution in [3.05, 3.63) is 33.8 Å². The highest BCUT2D eigenvalue weighted by Crippen LogP contribution is 2.21. The lowest BCUT2D eigenvalue weighted by atomic mass is 9.91. The van der Waals surface area contributed by atoms with Gasteiger partial charge in [0.25, 0.3) is 0 Å². The van der Waals surface area contributed by atoms with Crippen molar-refractivity contribution >= 4 is 35.0 Å². The van der Waals surface area contributed by atoms with Crippen molar-refractivity contribution < 1.29 is 14.3 Å². The highest BCUT2D eigenvalue weighted by molar-refractivity contribution is 6.35. The third-order valence-corrected chi connectivity index (χ3v) is 4.93. The fourth-order valence-electron chi connectivity index (χ4n) is 2.59. The van der Waals surface area contributed by atoms with Gasteiger partial charge >= 0.3 is 0 Å². The van der Waals surface area contributed by atoms with Crippen LogP contribution in [-0.4, -0.2) is 37.6 Å². The van der Waals surface area contributed by atoms with Crippen LogP contribution in [0.4, 0.5) is 0 Å². The molecule has 2 rings (SSSR count). The number of carbonyl (C=O) groups excluding carboxylic acids is 2. The van der Waals surface area contributed by atoms with Crippen LogP contribution in [0.1, 0.15) is 32.3 Å². The molecule has 1 heterocycles. The molecule has 5 nitrogen and oxygen atoms in total. The molecule has 2 N–H and O–H groups in total. The van der Waals surface area contributed by atoms with Crippen LogP contribution in [0, 0.1) is 5.41 Å². The zero-order chi connectivity index (χ0) is 18.4. The molecule has 1 aliphatic rings. The number of benzene rings is 1. The maximum Gasteiger partial charge on any atom is 0.235 e. The lowest BCUT2D eigenvalue weighted by Crippen LogP contribution is -2.49. The summed E-state index contributed by atoms with van der Waals surface area (Å²) in [6.07, 6.45) is 2.57. The Hall–Kier alpha value is -1.30. The second-order valence-electron chi connectivity index (χ2n) is 6.71. The summed E-state index contributed by atoms with van der Waals surface area (Å²) in [4.78, 5) is 24.7. The van der Waals surface area contributed by atoms with Gasteiger partial charge in [-0.2, -0.15) is 0 Å². The average Bonchev–Trinajstić information content (AvgIpc) is 3.07. The summed E-state index contributed by atoms with van der Waals surface area (Å²) in [5, 5.41) is 6.74. The largest absolute Gasteiger partial charge is 0.376 e. The fraction of sp³-hybridized carbons (Fsp3) is 0.556. The molecule has 1 fully saturated rings. The number of amides is 2. The number of hydrogen-bond donors (Lipinski definition) is 2. The van der Waals surface area contributed by atoms with Crippen molar-refractivity contribution in [2.24, 2.45) is 5.41 Å². The van der Waals surface area contributed by atoms with Gasteiger partial charge in [-0.1, -0.05) is 29.3 Å². The van der Waals surface area contributed by atoms with E-state index in [4.69, 9.17) is 27.9 Å². The molecule has 0 aliphatic carbocycles. The number of halogens is 2. The van der Waals surface area contributed by atoms with E-state index >= 15 is 0 Å². The predicted octanol–water partition coefficient (Wildman–Crippen LogP) is 2.97. The zero-order valence-corrected chi connectivity index (χ0v) is 16.0. The molecule has 1 aromatic rings. The second kappa shape index (κ2) is 8.88. The zero-order valence-electron chi connectivity index (χ0n) is 14.5. The van der Waals surface area contributed by atoms with Crippen LogP contribution in [0.15, 0.2) is 18.2 Å². The van der Waals surface area contributed by atoms with Crippen molar-refractivity contribution in [1.82, 2.24) is 10.6 Å². The lowest BCUT2D eigenvalue weighted by molar-refractivity contribution is -0.141. The monoisotopic (exact) mass is 386 g/mol. The maximum absolute atomic E-state index is 12.4. The van der Waals surface area contributed by atoms with Gasteiger partial charge in [0.2, 0.25) is 11.8 Å². The molecule has 25 heavy (non-hydrogen) atoms. The maximum atomic E-state index is 12.4. The highest BCUT2D eigenvalue weighted by Gasteiger charge is 2.36. The SMILES string of the molecule is CC(C)(C(=O)NCCc1ccc(Cl)cc1Cl)C(=O)NCC1CCCO1. The molecular formula is C18H24Cl2N2O3. The summed E-state index contributed by atoms with van der Waals surface area (Å²) in [6, 6.07) is 5.26. The van der Waals surface area contributed by atoms with E-state index in [1.165, 1.54) is 0 Å². The van der Waals surface area contributed by atoms with Crippen LogP contribution in [0.5, 0.6) is 0 Å². The normalized spacial score (nSPS) is 17.4. The van der Waals surface area contributed by atoms with E-state index in [2.05, 4.69) is 10.6 Å². The van der Waals surface area contributed by atoms with Gasteiger partial charge in [0.05, 0.1) is 6.10 Å². The Labute approximate surface area is 158 Å². The molecule has 1 atom stereocenters. The van der Waals surface area contributed by atoms with Crippen LogP contribution >= 0.6 is 23.2 Å². The minimum absolute atomic E-state index is 0.0508. The van der Waals surface area contributed by atoms with E-state index in [0.29, 0.717) is 29.6 Å². The van der Waals surface area contributed by atoms with Crippen molar-refractivity contribution in [3.63, 3.8) is 0 Å². The number of hydrogen-bond acceptors (Lipinski definition) is 3. The Morgan fingerprint density at radius 1 is 1.24 bits per heavy atom. The molecule has 7 heteroatoms. The average molecular weight is 387 g/mol. The van der Waals surface area contributed by atoms with Crippen LogP contribution in [-0.2, 0) is 20.7 Å². The van der Waals surface area contributed by atoms with Gasteiger partial charge in [0.15, 0.2) is 0 Å². The Morgan fingerprint density at radius 2 is 1.96 bits per heavy atom. The first-order chi connectivity index (χ1) is 11.8. The fourth-order valence-corrected chi connectivity index (χ4v) is 3.10. The number of nitrogens with one attached hydrogen (secondary N) is 2. The number of carbonyl (C=O) groups is 2. The first kappa shape index (κ1) is 20.0. The van der Waals surface area contributed by atoms with Crippen molar-refractivity contribution in [2.45, 2.75) is 39.2 Å². The van der Waals surface area contributed by atoms with E-state index in [1.54, 1.807) is 26.0 Å². The summed E-state index contributed by atoms with van der Waals surface area (Å²) in [6.45, 7) is 4.79. The summed E-state index contributed by atoms with van der Waals surface area (Å²) in [5.41, 5.74) is -0.255. The van der Waals surface area contributed by atoms with Crippen LogP contribution in [0.3, 0.4) is 0 Å². The van der Waals surface area contributed by atoms with Gasteiger partial charge in [-0.05, 0) is 50.8 Å². The van der Waals surface area contributed by atoms with Crippen molar-refractivity contribution in [1.29, 1.82) is 0 Å². The molecule has 0 bridgehead atoms. The molecule has 0 aromatic heterocycles. The molecule has 1 aromatic carbocycles. The molecule has 0 saturated carbocycles. The van der Waals surface area contributed by atoms with Crippen molar-refractivity contribution in [3.8, 4) is 0 Å². The molecule has 138 valence electrons. The van der Waals surface area contributed by atoms with Gasteiger partial charge in [0, 0.05) is 29.7 Å². The molecule has 0 radical (unpaired) electrons. The summed E-state index contributed by atoms with van der Waals surface area (Å²) < 4.78 is 5.47. The predicted molar refractivity (Wildman–Crippen MR) is 98.9 cm³/mol. The van der Waals surface area contributed by atoms with Crippen LogP contribution in [0.2, 0.25) is 10.0 Å². The van der Waals surface area contributed by atoms with Gasteiger partial charge in [-0.15, -0.1) is 0 Å².